The van der Waals surface area contributed by atoms with E-state index in [4.69, 9.17) is 4.98 Å². The smallest absolute Gasteiger partial charge is 0.257 e. The highest BCUT2D eigenvalue weighted by Crippen LogP contribution is 2.22. The number of amides is 1. The van der Waals surface area contributed by atoms with Crippen LogP contribution in [0.3, 0.4) is 0 Å². The lowest BCUT2D eigenvalue weighted by molar-refractivity contribution is 0.102. The average molecular weight is 385 g/mol. The standard InChI is InChI=1S/C21H19N7O/c1-27-13-22-12-18(27)16-4-3-15-11-24-19(10-17(15)25-16)26-21(29)14-5-6-23-20(9-14)28-7-2-8-28/h3-6,9-13H,2,7-8H2,1H3,(H,24,26,29). The molecule has 1 amide bonds. The zero-order valence-electron chi connectivity index (χ0n) is 15.9. The molecule has 0 bridgehead atoms. The molecule has 1 saturated heterocycles. The Balaban J connectivity index is 1.41. The zero-order chi connectivity index (χ0) is 19.8. The first-order chi connectivity index (χ1) is 14.2. The average Bonchev–Trinajstić information content (AvgIpc) is 3.12. The molecule has 5 heterocycles. The molecule has 0 atom stereocenters. The van der Waals surface area contributed by atoms with Crippen LogP contribution < -0.4 is 10.2 Å². The molecule has 0 saturated carbocycles. The number of hydrogen-bond donors (Lipinski definition) is 1. The summed E-state index contributed by atoms with van der Waals surface area (Å²) in [5.74, 6) is 1.07. The molecule has 1 fully saturated rings. The van der Waals surface area contributed by atoms with Crippen LogP contribution in [0.15, 0.2) is 55.2 Å². The fourth-order valence-corrected chi connectivity index (χ4v) is 3.30. The molecule has 0 aromatic carbocycles. The van der Waals surface area contributed by atoms with Crippen molar-refractivity contribution < 1.29 is 4.79 Å². The molecule has 4 aromatic heterocycles. The molecular formula is C21H19N7O. The Morgan fingerprint density at radius 1 is 1.10 bits per heavy atom. The van der Waals surface area contributed by atoms with E-state index in [1.165, 1.54) is 0 Å². The summed E-state index contributed by atoms with van der Waals surface area (Å²) < 4.78 is 1.91. The number of nitrogens with zero attached hydrogens (tertiary/aromatic N) is 6. The lowest BCUT2D eigenvalue weighted by Crippen LogP contribution is -2.37. The second-order valence-electron chi connectivity index (χ2n) is 7.05. The van der Waals surface area contributed by atoms with Crippen molar-refractivity contribution in [3.63, 3.8) is 0 Å². The number of aromatic nitrogens is 5. The predicted molar refractivity (Wildman–Crippen MR) is 111 cm³/mol. The normalized spacial score (nSPS) is 13.3. The van der Waals surface area contributed by atoms with Crippen molar-refractivity contribution in [1.29, 1.82) is 0 Å². The van der Waals surface area contributed by atoms with Crippen LogP contribution in [0.5, 0.6) is 0 Å². The van der Waals surface area contributed by atoms with E-state index in [1.54, 1.807) is 37.1 Å². The SMILES string of the molecule is Cn1cncc1-c1ccc2cnc(NC(=O)c3ccnc(N4CCC4)c3)cc2n1. The van der Waals surface area contributed by atoms with Gasteiger partial charge in [-0.1, -0.05) is 0 Å². The Kier molecular flexibility index (Phi) is 4.16. The van der Waals surface area contributed by atoms with Crippen molar-refractivity contribution in [3.8, 4) is 11.4 Å². The number of imidazole rings is 1. The van der Waals surface area contributed by atoms with Gasteiger partial charge < -0.3 is 14.8 Å². The van der Waals surface area contributed by atoms with E-state index in [9.17, 15) is 4.79 Å². The molecule has 1 aliphatic heterocycles. The van der Waals surface area contributed by atoms with Crippen LogP contribution in [-0.4, -0.2) is 43.5 Å². The molecule has 0 spiro atoms. The van der Waals surface area contributed by atoms with E-state index in [1.807, 2.05) is 29.8 Å². The van der Waals surface area contributed by atoms with Gasteiger partial charge in [0.15, 0.2) is 0 Å². The van der Waals surface area contributed by atoms with Gasteiger partial charge in [0.25, 0.3) is 5.91 Å². The van der Waals surface area contributed by atoms with Crippen LogP contribution in [0.4, 0.5) is 11.6 Å². The highest BCUT2D eigenvalue weighted by Gasteiger charge is 2.17. The number of pyridine rings is 3. The zero-order valence-corrected chi connectivity index (χ0v) is 15.9. The van der Waals surface area contributed by atoms with Gasteiger partial charge in [0, 0.05) is 49.5 Å². The molecule has 4 aromatic rings. The maximum atomic E-state index is 12.7. The number of aryl methyl sites for hydroxylation is 1. The van der Waals surface area contributed by atoms with Gasteiger partial charge in [0.1, 0.15) is 11.6 Å². The monoisotopic (exact) mass is 385 g/mol. The first-order valence-electron chi connectivity index (χ1n) is 9.43. The summed E-state index contributed by atoms with van der Waals surface area (Å²) in [5, 5.41) is 3.77. The van der Waals surface area contributed by atoms with Gasteiger partial charge in [-0.15, -0.1) is 0 Å². The first kappa shape index (κ1) is 17.3. The highest BCUT2D eigenvalue weighted by atomic mass is 16.1. The van der Waals surface area contributed by atoms with Gasteiger partial charge in [-0.25, -0.2) is 19.9 Å². The minimum Gasteiger partial charge on any atom is -0.356 e. The van der Waals surface area contributed by atoms with Gasteiger partial charge in [0.05, 0.1) is 29.4 Å². The van der Waals surface area contributed by atoms with Gasteiger partial charge in [0.2, 0.25) is 0 Å². The number of anilines is 2. The van der Waals surface area contributed by atoms with E-state index in [-0.39, 0.29) is 5.91 Å². The number of carbonyl (C=O) groups excluding carboxylic acids is 1. The van der Waals surface area contributed by atoms with E-state index in [0.717, 1.165) is 47.6 Å². The van der Waals surface area contributed by atoms with Crippen molar-refractivity contribution in [2.24, 2.45) is 7.05 Å². The molecule has 1 N–H and O–H groups in total. The molecule has 0 radical (unpaired) electrons. The summed E-state index contributed by atoms with van der Waals surface area (Å²) in [6.45, 7) is 1.96. The van der Waals surface area contributed by atoms with Crippen LogP contribution >= 0.6 is 0 Å². The molecule has 5 rings (SSSR count). The molecule has 0 aliphatic carbocycles. The summed E-state index contributed by atoms with van der Waals surface area (Å²) >= 11 is 0. The second-order valence-corrected chi connectivity index (χ2v) is 7.05. The van der Waals surface area contributed by atoms with Gasteiger partial charge in [-0.3, -0.25) is 4.79 Å². The topological polar surface area (TPSA) is 88.8 Å². The summed E-state index contributed by atoms with van der Waals surface area (Å²) in [6, 6.07) is 9.20. The fraction of sp³-hybridized carbons (Fsp3) is 0.190. The van der Waals surface area contributed by atoms with Gasteiger partial charge in [-0.2, -0.15) is 0 Å². The second kappa shape index (κ2) is 6.97. The molecular weight excluding hydrogens is 366 g/mol. The summed E-state index contributed by atoms with van der Waals surface area (Å²) in [6.07, 6.45) is 8.05. The highest BCUT2D eigenvalue weighted by molar-refractivity contribution is 6.04. The van der Waals surface area contributed by atoms with Crippen molar-refractivity contribution in [3.05, 3.63) is 60.8 Å². The van der Waals surface area contributed by atoms with E-state index in [2.05, 4.69) is 25.2 Å². The van der Waals surface area contributed by atoms with Crippen LogP contribution in [0.2, 0.25) is 0 Å². The number of nitrogens with one attached hydrogen (secondary N) is 1. The number of fused-ring (bicyclic) bond motifs is 1. The van der Waals surface area contributed by atoms with Crippen LogP contribution in [-0.2, 0) is 7.05 Å². The quantitative estimate of drug-likeness (QED) is 0.581. The third-order valence-corrected chi connectivity index (χ3v) is 5.08. The Bertz CT molecular complexity index is 1210. The Morgan fingerprint density at radius 2 is 2.00 bits per heavy atom. The lowest BCUT2D eigenvalue weighted by atomic mass is 10.2. The largest absolute Gasteiger partial charge is 0.356 e. The van der Waals surface area contributed by atoms with E-state index >= 15 is 0 Å². The van der Waals surface area contributed by atoms with Gasteiger partial charge >= 0.3 is 0 Å². The number of carbonyl (C=O) groups is 1. The molecule has 1 aliphatic rings. The summed E-state index contributed by atoms with van der Waals surface area (Å²) in [5.41, 5.74) is 3.05. The van der Waals surface area contributed by atoms with Crippen molar-refractivity contribution in [1.82, 2.24) is 24.5 Å². The van der Waals surface area contributed by atoms with Gasteiger partial charge in [-0.05, 0) is 30.7 Å². The Labute approximate surface area is 167 Å². The van der Waals surface area contributed by atoms with Crippen molar-refractivity contribution >= 4 is 28.4 Å². The maximum absolute atomic E-state index is 12.7. The molecule has 144 valence electrons. The van der Waals surface area contributed by atoms with Crippen LogP contribution in [0, 0.1) is 0 Å². The van der Waals surface area contributed by atoms with Crippen molar-refractivity contribution in [2.75, 3.05) is 23.3 Å². The van der Waals surface area contributed by atoms with Crippen LogP contribution in [0.1, 0.15) is 16.8 Å². The number of rotatable bonds is 4. The Hall–Kier alpha value is -3.81. The van der Waals surface area contributed by atoms with Crippen LogP contribution in [0.25, 0.3) is 22.3 Å². The lowest BCUT2D eigenvalue weighted by Gasteiger charge is -2.32. The molecule has 29 heavy (non-hydrogen) atoms. The minimum atomic E-state index is -0.219. The summed E-state index contributed by atoms with van der Waals surface area (Å²) in [4.78, 5) is 32.4. The predicted octanol–water partition coefficient (Wildman–Crippen LogP) is 2.89. The minimum absolute atomic E-state index is 0.219. The molecule has 8 nitrogen and oxygen atoms in total. The Morgan fingerprint density at radius 3 is 2.76 bits per heavy atom. The van der Waals surface area contributed by atoms with E-state index in [0.29, 0.717) is 11.4 Å². The molecule has 0 unspecified atom stereocenters. The summed E-state index contributed by atoms with van der Waals surface area (Å²) in [7, 11) is 1.93. The third-order valence-electron chi connectivity index (χ3n) is 5.08. The number of hydrogen-bond acceptors (Lipinski definition) is 6. The first-order valence-corrected chi connectivity index (χ1v) is 9.43. The van der Waals surface area contributed by atoms with E-state index < -0.39 is 0 Å². The van der Waals surface area contributed by atoms with Crippen molar-refractivity contribution in [2.45, 2.75) is 6.42 Å². The third kappa shape index (κ3) is 3.29. The maximum Gasteiger partial charge on any atom is 0.257 e. The fourth-order valence-electron chi connectivity index (χ4n) is 3.30. The molecule has 8 heteroatoms.